The summed E-state index contributed by atoms with van der Waals surface area (Å²) < 4.78 is 10.6. The summed E-state index contributed by atoms with van der Waals surface area (Å²) in [6.45, 7) is 4.08. The number of allylic oxidation sites excluding steroid dienone is 2. The van der Waals surface area contributed by atoms with Crippen LogP contribution in [0.4, 0.5) is 0 Å². The number of aliphatic hydroxyl groups excluding tert-OH is 1. The number of aliphatic hydroxyl groups is 1. The van der Waals surface area contributed by atoms with Crippen LogP contribution in [0.2, 0.25) is 0 Å². The molecule has 0 rings (SSSR count). The fourth-order valence-corrected chi connectivity index (χ4v) is 5.62. The Balaban J connectivity index is 3.47. The fourth-order valence-electron chi connectivity index (χ4n) is 5.62. The summed E-state index contributed by atoms with van der Waals surface area (Å²) in [7, 11) is 0. The smallest absolute Gasteiger partial charge is 0.306 e. The molecule has 1 N–H and O–H groups in total. The summed E-state index contributed by atoms with van der Waals surface area (Å²) in [5.74, 6) is -0.594. The highest BCUT2D eigenvalue weighted by molar-refractivity contribution is 5.70. The van der Waals surface area contributed by atoms with Gasteiger partial charge in [0, 0.05) is 12.8 Å². The molecule has 1 unspecified atom stereocenters. The third-order valence-corrected chi connectivity index (χ3v) is 8.54. The summed E-state index contributed by atoms with van der Waals surface area (Å²) >= 11 is 0. The molecule has 0 heterocycles. The third-order valence-electron chi connectivity index (χ3n) is 8.54. The normalized spacial score (nSPS) is 12.2. The molecule has 0 aromatic rings. The summed E-state index contributed by atoms with van der Waals surface area (Å²) in [4.78, 5) is 24.1. The first-order chi connectivity index (χ1) is 21.6. The van der Waals surface area contributed by atoms with Crippen molar-refractivity contribution in [3.63, 3.8) is 0 Å². The fraction of sp³-hybridized carbons (Fsp3) is 0.897. The number of hydrogen-bond acceptors (Lipinski definition) is 5. The molecule has 260 valence electrons. The van der Waals surface area contributed by atoms with Crippen LogP contribution in [-0.4, -0.2) is 36.4 Å². The summed E-state index contributed by atoms with van der Waals surface area (Å²) in [6, 6.07) is 0. The number of carbonyl (C=O) groups excluding carboxylic acids is 2. The monoisotopic (exact) mass is 623 g/mol. The van der Waals surface area contributed by atoms with Crippen LogP contribution in [-0.2, 0) is 19.1 Å². The van der Waals surface area contributed by atoms with Gasteiger partial charge in [0.05, 0.1) is 6.61 Å². The molecule has 0 aliphatic heterocycles. The zero-order valence-corrected chi connectivity index (χ0v) is 29.4. The molecule has 0 radical (unpaired) electrons. The highest BCUT2D eigenvalue weighted by atomic mass is 16.6. The first-order valence-corrected chi connectivity index (χ1v) is 19.2. The first-order valence-electron chi connectivity index (χ1n) is 19.2. The molecule has 0 aliphatic rings. The van der Waals surface area contributed by atoms with E-state index in [1.165, 1.54) is 135 Å². The zero-order valence-electron chi connectivity index (χ0n) is 29.4. The number of ether oxygens (including phenoxy) is 2. The molecule has 0 aliphatic carbocycles. The molecule has 1 atom stereocenters. The lowest BCUT2D eigenvalue weighted by Gasteiger charge is -2.15. The Kier molecular flexibility index (Phi) is 35.0. The van der Waals surface area contributed by atoms with E-state index < -0.39 is 6.10 Å². The minimum absolute atomic E-state index is 0.0637. The van der Waals surface area contributed by atoms with Gasteiger partial charge in [0.1, 0.15) is 6.61 Å². The maximum atomic E-state index is 12.1. The maximum Gasteiger partial charge on any atom is 0.306 e. The molecule has 0 fully saturated rings. The number of esters is 2. The highest BCUT2D eigenvalue weighted by Crippen LogP contribution is 2.15. The Morgan fingerprint density at radius 3 is 1.32 bits per heavy atom. The number of rotatable bonds is 35. The number of carbonyl (C=O) groups is 2. The Morgan fingerprint density at radius 1 is 0.500 bits per heavy atom. The maximum absolute atomic E-state index is 12.1. The van der Waals surface area contributed by atoms with E-state index in [4.69, 9.17) is 9.47 Å². The van der Waals surface area contributed by atoms with E-state index >= 15 is 0 Å². The van der Waals surface area contributed by atoms with Gasteiger partial charge < -0.3 is 14.6 Å². The second kappa shape index (κ2) is 36.1. The minimum atomic E-state index is -0.767. The summed E-state index contributed by atoms with van der Waals surface area (Å²) in [6.07, 6.45) is 40.0. The van der Waals surface area contributed by atoms with Gasteiger partial charge in [0.25, 0.3) is 0 Å². The topological polar surface area (TPSA) is 72.8 Å². The molecule has 0 amide bonds. The van der Waals surface area contributed by atoms with E-state index in [0.29, 0.717) is 12.8 Å². The third kappa shape index (κ3) is 33.5. The van der Waals surface area contributed by atoms with E-state index in [1.54, 1.807) is 0 Å². The van der Waals surface area contributed by atoms with Crippen molar-refractivity contribution < 1.29 is 24.2 Å². The molecule has 0 bridgehead atoms. The average molecular weight is 623 g/mol. The van der Waals surface area contributed by atoms with Gasteiger partial charge in [0.15, 0.2) is 6.10 Å². The van der Waals surface area contributed by atoms with Crippen molar-refractivity contribution in [3.8, 4) is 0 Å². The standard InChI is InChI=1S/C39H74O5/c1-3-5-7-9-11-13-15-16-17-18-19-20-21-22-23-24-26-27-29-31-33-38(41)43-36-37(35-40)44-39(42)34-32-30-28-25-14-12-10-8-6-4-2/h8,10,37,40H,3-7,9,11-36H2,1-2H3/b10-8-. The van der Waals surface area contributed by atoms with Crippen LogP contribution in [0.25, 0.3) is 0 Å². The van der Waals surface area contributed by atoms with Gasteiger partial charge in [0.2, 0.25) is 0 Å². The quantitative estimate of drug-likeness (QED) is 0.0432. The Bertz CT molecular complexity index is 632. The van der Waals surface area contributed by atoms with E-state index in [0.717, 1.165) is 44.9 Å². The van der Waals surface area contributed by atoms with Crippen molar-refractivity contribution in [2.24, 2.45) is 0 Å². The lowest BCUT2D eigenvalue weighted by atomic mass is 10.0. The van der Waals surface area contributed by atoms with Crippen LogP contribution in [0.5, 0.6) is 0 Å². The van der Waals surface area contributed by atoms with E-state index in [-0.39, 0.29) is 25.2 Å². The van der Waals surface area contributed by atoms with Crippen molar-refractivity contribution in [2.75, 3.05) is 13.2 Å². The largest absolute Gasteiger partial charge is 0.462 e. The van der Waals surface area contributed by atoms with Crippen LogP contribution in [0, 0.1) is 0 Å². The van der Waals surface area contributed by atoms with Gasteiger partial charge in [-0.05, 0) is 32.1 Å². The minimum Gasteiger partial charge on any atom is -0.462 e. The molecule has 0 spiro atoms. The van der Waals surface area contributed by atoms with Crippen molar-refractivity contribution in [3.05, 3.63) is 12.2 Å². The van der Waals surface area contributed by atoms with Crippen molar-refractivity contribution in [2.45, 2.75) is 213 Å². The Morgan fingerprint density at radius 2 is 0.886 bits per heavy atom. The van der Waals surface area contributed by atoms with Gasteiger partial charge in [-0.25, -0.2) is 0 Å². The zero-order chi connectivity index (χ0) is 32.2. The van der Waals surface area contributed by atoms with Crippen LogP contribution in [0.15, 0.2) is 12.2 Å². The van der Waals surface area contributed by atoms with Gasteiger partial charge in [-0.1, -0.05) is 174 Å². The molecule has 0 aromatic carbocycles. The van der Waals surface area contributed by atoms with E-state index in [1.807, 2.05) is 0 Å². The highest BCUT2D eigenvalue weighted by Gasteiger charge is 2.16. The molecule has 0 saturated heterocycles. The average Bonchev–Trinajstić information content (AvgIpc) is 3.02. The predicted octanol–water partition coefficient (Wildman–Crippen LogP) is 11.7. The molecular weight excluding hydrogens is 548 g/mol. The second-order valence-corrected chi connectivity index (χ2v) is 13.0. The number of hydrogen-bond donors (Lipinski definition) is 1. The van der Waals surface area contributed by atoms with E-state index in [2.05, 4.69) is 26.0 Å². The van der Waals surface area contributed by atoms with Crippen molar-refractivity contribution in [1.29, 1.82) is 0 Å². The van der Waals surface area contributed by atoms with Crippen LogP contribution in [0.1, 0.15) is 206 Å². The molecule has 5 heteroatoms. The molecule has 44 heavy (non-hydrogen) atoms. The lowest BCUT2D eigenvalue weighted by Crippen LogP contribution is -2.28. The summed E-state index contributed by atoms with van der Waals surface area (Å²) in [5, 5.41) is 9.51. The van der Waals surface area contributed by atoms with Crippen LogP contribution < -0.4 is 0 Å². The summed E-state index contributed by atoms with van der Waals surface area (Å²) in [5.41, 5.74) is 0. The van der Waals surface area contributed by atoms with E-state index in [9.17, 15) is 14.7 Å². The SMILES string of the molecule is CCC/C=C\CCCCCCCC(=O)OC(CO)COC(=O)CCCCCCCCCCCCCCCCCCCCCC. The van der Waals surface area contributed by atoms with Gasteiger partial charge in [-0.2, -0.15) is 0 Å². The molecule has 0 aromatic heterocycles. The van der Waals surface area contributed by atoms with Gasteiger partial charge in [-0.3, -0.25) is 9.59 Å². The van der Waals surface area contributed by atoms with Gasteiger partial charge in [-0.15, -0.1) is 0 Å². The van der Waals surface area contributed by atoms with Crippen LogP contribution in [0.3, 0.4) is 0 Å². The van der Waals surface area contributed by atoms with Crippen molar-refractivity contribution in [1.82, 2.24) is 0 Å². The molecular formula is C39H74O5. The molecule has 0 saturated carbocycles. The van der Waals surface area contributed by atoms with Crippen molar-refractivity contribution >= 4 is 11.9 Å². The van der Waals surface area contributed by atoms with Crippen LogP contribution >= 0.6 is 0 Å². The Hall–Kier alpha value is -1.36. The number of unbranched alkanes of at least 4 members (excludes halogenated alkanes) is 25. The lowest BCUT2D eigenvalue weighted by molar-refractivity contribution is -0.161. The molecule has 5 nitrogen and oxygen atoms in total. The Labute approximate surface area is 273 Å². The predicted molar refractivity (Wildman–Crippen MR) is 187 cm³/mol. The van der Waals surface area contributed by atoms with Gasteiger partial charge >= 0.3 is 11.9 Å². The second-order valence-electron chi connectivity index (χ2n) is 13.0. The first kappa shape index (κ1) is 42.6.